The van der Waals surface area contributed by atoms with Crippen LogP contribution in [0.5, 0.6) is 0 Å². The standard InChI is InChI=1S/C8H14O2/c1-4-5-6(2)7(3)8(9)10/h4-7H,1-3H3,(H,9,10)/b5-4-. The van der Waals surface area contributed by atoms with Crippen molar-refractivity contribution in [1.82, 2.24) is 0 Å². The van der Waals surface area contributed by atoms with Gasteiger partial charge in [0.1, 0.15) is 0 Å². The molecule has 0 aliphatic rings. The molecular formula is C8H14O2. The fourth-order valence-corrected chi connectivity index (χ4v) is 0.695. The molecule has 0 amide bonds. The first kappa shape index (κ1) is 9.21. The lowest BCUT2D eigenvalue weighted by Gasteiger charge is -2.09. The van der Waals surface area contributed by atoms with Gasteiger partial charge in [0.15, 0.2) is 0 Å². The van der Waals surface area contributed by atoms with Crippen molar-refractivity contribution < 1.29 is 9.90 Å². The van der Waals surface area contributed by atoms with E-state index in [4.69, 9.17) is 5.11 Å². The van der Waals surface area contributed by atoms with Gasteiger partial charge in [0.05, 0.1) is 5.92 Å². The fourth-order valence-electron chi connectivity index (χ4n) is 0.695. The molecule has 1 N–H and O–H groups in total. The number of hydrogen-bond acceptors (Lipinski definition) is 1. The van der Waals surface area contributed by atoms with Crippen LogP contribution in [0.2, 0.25) is 0 Å². The molecule has 0 fully saturated rings. The molecule has 0 spiro atoms. The molecule has 2 atom stereocenters. The van der Waals surface area contributed by atoms with Crippen LogP contribution < -0.4 is 0 Å². The molecule has 0 saturated heterocycles. The van der Waals surface area contributed by atoms with Gasteiger partial charge in [-0.25, -0.2) is 0 Å². The van der Waals surface area contributed by atoms with Crippen LogP contribution in [0.15, 0.2) is 12.2 Å². The zero-order chi connectivity index (χ0) is 8.15. The number of hydrogen-bond donors (Lipinski definition) is 1. The second kappa shape index (κ2) is 4.09. The second-order valence-corrected chi connectivity index (χ2v) is 2.51. The normalized spacial score (nSPS) is 17.1. The summed E-state index contributed by atoms with van der Waals surface area (Å²) in [5, 5.41) is 8.55. The Bertz CT molecular complexity index is 138. The monoisotopic (exact) mass is 142 g/mol. The van der Waals surface area contributed by atoms with Gasteiger partial charge in [0, 0.05) is 0 Å². The van der Waals surface area contributed by atoms with E-state index in [1.165, 1.54) is 0 Å². The lowest BCUT2D eigenvalue weighted by atomic mass is 9.96. The molecule has 0 aromatic heterocycles. The van der Waals surface area contributed by atoms with Gasteiger partial charge in [-0.3, -0.25) is 4.79 Å². The molecule has 0 aliphatic heterocycles. The van der Waals surface area contributed by atoms with Crippen LogP contribution in [0, 0.1) is 11.8 Å². The third kappa shape index (κ3) is 2.67. The Labute approximate surface area is 61.6 Å². The van der Waals surface area contributed by atoms with E-state index in [1.807, 2.05) is 26.0 Å². The van der Waals surface area contributed by atoms with Gasteiger partial charge >= 0.3 is 5.97 Å². The highest BCUT2D eigenvalue weighted by molar-refractivity contribution is 5.70. The second-order valence-electron chi connectivity index (χ2n) is 2.51. The Hall–Kier alpha value is -0.790. The maximum atomic E-state index is 10.4. The van der Waals surface area contributed by atoms with E-state index in [0.717, 1.165) is 0 Å². The van der Waals surface area contributed by atoms with E-state index < -0.39 is 5.97 Å². The third-order valence-corrected chi connectivity index (χ3v) is 1.67. The quantitative estimate of drug-likeness (QED) is 0.611. The minimum absolute atomic E-state index is 0.127. The highest BCUT2D eigenvalue weighted by Gasteiger charge is 2.15. The van der Waals surface area contributed by atoms with Gasteiger partial charge in [0.25, 0.3) is 0 Å². The Morgan fingerprint density at radius 3 is 2.30 bits per heavy atom. The van der Waals surface area contributed by atoms with Crippen molar-refractivity contribution in [3.63, 3.8) is 0 Å². The minimum Gasteiger partial charge on any atom is -0.481 e. The molecule has 0 radical (unpaired) electrons. The van der Waals surface area contributed by atoms with E-state index in [2.05, 4.69) is 0 Å². The van der Waals surface area contributed by atoms with Gasteiger partial charge in [-0.15, -0.1) is 0 Å². The molecule has 2 heteroatoms. The van der Waals surface area contributed by atoms with Gasteiger partial charge in [-0.1, -0.05) is 26.0 Å². The number of aliphatic carboxylic acids is 1. The van der Waals surface area contributed by atoms with E-state index in [-0.39, 0.29) is 11.8 Å². The number of carbonyl (C=O) groups is 1. The largest absolute Gasteiger partial charge is 0.481 e. The fraction of sp³-hybridized carbons (Fsp3) is 0.625. The highest BCUT2D eigenvalue weighted by atomic mass is 16.4. The average Bonchev–Trinajstić information content (AvgIpc) is 1.87. The molecule has 0 aromatic rings. The Balaban J connectivity index is 3.93. The van der Waals surface area contributed by atoms with E-state index in [0.29, 0.717) is 0 Å². The molecule has 2 nitrogen and oxygen atoms in total. The van der Waals surface area contributed by atoms with Crippen molar-refractivity contribution in [3.8, 4) is 0 Å². The summed E-state index contributed by atoms with van der Waals surface area (Å²) in [6.07, 6.45) is 3.78. The summed E-state index contributed by atoms with van der Waals surface area (Å²) in [6.45, 7) is 5.51. The number of carboxylic acids is 1. The predicted octanol–water partition coefficient (Wildman–Crippen LogP) is 1.92. The highest BCUT2D eigenvalue weighted by Crippen LogP contribution is 2.11. The summed E-state index contributed by atoms with van der Waals surface area (Å²) in [4.78, 5) is 10.4. The smallest absolute Gasteiger partial charge is 0.306 e. The zero-order valence-electron chi connectivity index (χ0n) is 6.66. The van der Waals surface area contributed by atoms with Crippen LogP contribution in [0.3, 0.4) is 0 Å². The molecular weight excluding hydrogens is 128 g/mol. The maximum absolute atomic E-state index is 10.4. The van der Waals surface area contributed by atoms with Crippen LogP contribution in [0.25, 0.3) is 0 Å². The molecule has 0 saturated carbocycles. The van der Waals surface area contributed by atoms with Crippen LogP contribution >= 0.6 is 0 Å². The third-order valence-electron chi connectivity index (χ3n) is 1.67. The number of rotatable bonds is 3. The summed E-state index contributed by atoms with van der Waals surface area (Å²) >= 11 is 0. The lowest BCUT2D eigenvalue weighted by molar-refractivity contribution is -0.142. The van der Waals surface area contributed by atoms with Gasteiger partial charge in [0.2, 0.25) is 0 Å². The Kier molecular flexibility index (Phi) is 3.77. The SMILES string of the molecule is C/C=C\C(C)C(C)C(=O)O. The first-order valence-electron chi connectivity index (χ1n) is 3.45. The van der Waals surface area contributed by atoms with E-state index in [9.17, 15) is 4.79 Å². The van der Waals surface area contributed by atoms with Gasteiger partial charge < -0.3 is 5.11 Å². The summed E-state index contributed by atoms with van der Waals surface area (Å²) in [6, 6.07) is 0. The molecule has 58 valence electrons. The Morgan fingerprint density at radius 1 is 1.50 bits per heavy atom. The summed E-state index contributed by atoms with van der Waals surface area (Å²) in [5.74, 6) is -0.885. The van der Waals surface area contributed by atoms with Crippen molar-refractivity contribution in [3.05, 3.63) is 12.2 Å². The van der Waals surface area contributed by atoms with Crippen LogP contribution in [0.4, 0.5) is 0 Å². The topological polar surface area (TPSA) is 37.3 Å². The molecule has 10 heavy (non-hydrogen) atoms. The summed E-state index contributed by atoms with van der Waals surface area (Å²) in [7, 11) is 0. The van der Waals surface area contributed by atoms with Crippen molar-refractivity contribution in [2.75, 3.05) is 0 Å². The van der Waals surface area contributed by atoms with E-state index in [1.54, 1.807) is 6.92 Å². The number of allylic oxidation sites excluding steroid dienone is 2. The molecule has 0 rings (SSSR count). The summed E-state index contributed by atoms with van der Waals surface area (Å²) in [5.41, 5.74) is 0. The van der Waals surface area contributed by atoms with Crippen molar-refractivity contribution >= 4 is 5.97 Å². The maximum Gasteiger partial charge on any atom is 0.306 e. The van der Waals surface area contributed by atoms with Gasteiger partial charge in [-0.05, 0) is 12.8 Å². The molecule has 0 aromatic carbocycles. The van der Waals surface area contributed by atoms with Crippen LogP contribution in [-0.2, 0) is 4.79 Å². The van der Waals surface area contributed by atoms with Crippen LogP contribution in [-0.4, -0.2) is 11.1 Å². The lowest BCUT2D eigenvalue weighted by Crippen LogP contribution is -2.16. The van der Waals surface area contributed by atoms with Crippen molar-refractivity contribution in [1.29, 1.82) is 0 Å². The zero-order valence-corrected chi connectivity index (χ0v) is 6.66. The Morgan fingerprint density at radius 2 is 2.00 bits per heavy atom. The first-order chi connectivity index (χ1) is 4.59. The predicted molar refractivity (Wildman–Crippen MR) is 40.8 cm³/mol. The first-order valence-corrected chi connectivity index (χ1v) is 3.45. The minimum atomic E-state index is -0.731. The van der Waals surface area contributed by atoms with Crippen molar-refractivity contribution in [2.45, 2.75) is 20.8 Å². The van der Waals surface area contributed by atoms with Gasteiger partial charge in [-0.2, -0.15) is 0 Å². The van der Waals surface area contributed by atoms with E-state index >= 15 is 0 Å². The molecule has 0 heterocycles. The molecule has 0 aliphatic carbocycles. The molecule has 0 bridgehead atoms. The number of carboxylic acid groups (broad SMARTS) is 1. The summed E-state index contributed by atoms with van der Waals surface area (Å²) < 4.78 is 0. The van der Waals surface area contributed by atoms with Crippen LogP contribution in [0.1, 0.15) is 20.8 Å². The average molecular weight is 142 g/mol. The molecule has 2 unspecified atom stereocenters. The van der Waals surface area contributed by atoms with Crippen molar-refractivity contribution in [2.24, 2.45) is 11.8 Å².